The molecule has 21 heavy (non-hydrogen) atoms. The largest absolute Gasteiger partial charge is 0.465 e. The number of ether oxygens (including phenoxy) is 2. The van der Waals surface area contributed by atoms with Gasteiger partial charge in [0.25, 0.3) is 0 Å². The first-order valence-electron chi connectivity index (χ1n) is 7.12. The van der Waals surface area contributed by atoms with E-state index in [1.54, 1.807) is 6.92 Å². The first-order chi connectivity index (χ1) is 10.2. The summed E-state index contributed by atoms with van der Waals surface area (Å²) in [6.45, 7) is 3.04. The minimum atomic E-state index is -0.293. The lowest BCUT2D eigenvalue weighted by atomic mass is 9.99. The SMILES string of the molecule is CCOC(=O)[C@@H]1SCC(=O)C[C@H]1COCc1ccccc1. The van der Waals surface area contributed by atoms with E-state index in [4.69, 9.17) is 9.47 Å². The Hall–Kier alpha value is -1.33. The maximum atomic E-state index is 11.9. The van der Waals surface area contributed by atoms with Crippen molar-refractivity contribution in [1.29, 1.82) is 0 Å². The van der Waals surface area contributed by atoms with Crippen molar-refractivity contribution in [3.63, 3.8) is 0 Å². The fourth-order valence-electron chi connectivity index (χ4n) is 2.31. The van der Waals surface area contributed by atoms with Crippen LogP contribution in [0.2, 0.25) is 0 Å². The molecule has 0 aliphatic carbocycles. The van der Waals surface area contributed by atoms with Crippen molar-refractivity contribution in [2.24, 2.45) is 5.92 Å². The summed E-state index contributed by atoms with van der Waals surface area (Å²) < 4.78 is 10.8. The molecule has 1 fully saturated rings. The molecule has 2 rings (SSSR count). The van der Waals surface area contributed by atoms with Crippen LogP contribution >= 0.6 is 11.8 Å². The molecule has 1 aromatic rings. The predicted molar refractivity (Wildman–Crippen MR) is 82.1 cm³/mol. The summed E-state index contributed by atoms with van der Waals surface area (Å²) in [6, 6.07) is 9.85. The van der Waals surface area contributed by atoms with Crippen molar-refractivity contribution in [1.82, 2.24) is 0 Å². The third kappa shape index (κ3) is 4.86. The van der Waals surface area contributed by atoms with Crippen molar-refractivity contribution in [3.05, 3.63) is 35.9 Å². The average Bonchev–Trinajstić information content (AvgIpc) is 2.49. The lowest BCUT2D eigenvalue weighted by molar-refractivity contribution is -0.144. The quantitative estimate of drug-likeness (QED) is 0.756. The maximum Gasteiger partial charge on any atom is 0.319 e. The van der Waals surface area contributed by atoms with Crippen molar-refractivity contribution in [2.45, 2.75) is 25.2 Å². The second-order valence-corrected chi connectivity index (χ2v) is 6.12. The molecule has 0 unspecified atom stereocenters. The molecule has 5 heteroatoms. The second-order valence-electron chi connectivity index (χ2n) is 4.99. The number of rotatable bonds is 6. The van der Waals surface area contributed by atoms with Gasteiger partial charge in [-0.25, -0.2) is 0 Å². The fourth-order valence-corrected chi connectivity index (χ4v) is 3.45. The number of hydrogen-bond acceptors (Lipinski definition) is 5. The summed E-state index contributed by atoms with van der Waals surface area (Å²) in [5, 5.41) is -0.293. The molecule has 0 spiro atoms. The Morgan fingerprint density at radius 2 is 2.10 bits per heavy atom. The molecule has 0 N–H and O–H groups in total. The van der Waals surface area contributed by atoms with Crippen LogP contribution in [0.5, 0.6) is 0 Å². The van der Waals surface area contributed by atoms with E-state index in [1.165, 1.54) is 11.8 Å². The van der Waals surface area contributed by atoms with E-state index in [9.17, 15) is 9.59 Å². The first-order valence-corrected chi connectivity index (χ1v) is 8.17. The molecule has 1 heterocycles. The van der Waals surface area contributed by atoms with Crippen LogP contribution in [-0.2, 0) is 25.7 Å². The number of carbonyl (C=O) groups is 2. The van der Waals surface area contributed by atoms with Crippen LogP contribution in [0.15, 0.2) is 30.3 Å². The monoisotopic (exact) mass is 308 g/mol. The van der Waals surface area contributed by atoms with Crippen LogP contribution in [0.1, 0.15) is 18.9 Å². The van der Waals surface area contributed by atoms with Crippen LogP contribution in [0.25, 0.3) is 0 Å². The van der Waals surface area contributed by atoms with E-state index in [0.29, 0.717) is 32.0 Å². The predicted octanol–water partition coefficient (Wildman–Crippen LogP) is 2.46. The zero-order chi connectivity index (χ0) is 15.1. The summed E-state index contributed by atoms with van der Waals surface area (Å²) in [7, 11) is 0. The van der Waals surface area contributed by atoms with Crippen LogP contribution in [0, 0.1) is 5.92 Å². The molecule has 0 saturated carbocycles. The summed E-state index contributed by atoms with van der Waals surface area (Å²) >= 11 is 1.37. The number of carbonyl (C=O) groups excluding carboxylic acids is 2. The molecule has 114 valence electrons. The molecule has 4 nitrogen and oxygen atoms in total. The Balaban J connectivity index is 1.87. The zero-order valence-corrected chi connectivity index (χ0v) is 12.9. The van der Waals surface area contributed by atoms with Crippen molar-refractivity contribution >= 4 is 23.5 Å². The van der Waals surface area contributed by atoms with Gasteiger partial charge in [0.1, 0.15) is 11.0 Å². The summed E-state index contributed by atoms with van der Waals surface area (Å²) in [6.07, 6.45) is 0.394. The van der Waals surface area contributed by atoms with Gasteiger partial charge in [0, 0.05) is 12.3 Å². The van der Waals surface area contributed by atoms with Crippen molar-refractivity contribution in [3.8, 4) is 0 Å². The van der Waals surface area contributed by atoms with Crippen LogP contribution in [0.3, 0.4) is 0 Å². The molecular formula is C16H20O4S. The molecule has 0 radical (unpaired) electrons. The maximum absolute atomic E-state index is 11.9. The van der Waals surface area contributed by atoms with E-state index in [1.807, 2.05) is 30.3 Å². The van der Waals surface area contributed by atoms with Gasteiger partial charge in [-0.1, -0.05) is 30.3 Å². The van der Waals surface area contributed by atoms with E-state index < -0.39 is 0 Å². The van der Waals surface area contributed by atoms with Crippen molar-refractivity contribution in [2.75, 3.05) is 19.0 Å². The third-order valence-corrected chi connectivity index (χ3v) is 4.73. The van der Waals surface area contributed by atoms with E-state index in [-0.39, 0.29) is 22.9 Å². The second kappa shape index (κ2) is 8.20. The van der Waals surface area contributed by atoms with Gasteiger partial charge in [0.05, 0.1) is 25.6 Å². The average molecular weight is 308 g/mol. The van der Waals surface area contributed by atoms with Gasteiger partial charge < -0.3 is 9.47 Å². The highest BCUT2D eigenvalue weighted by atomic mass is 32.2. The smallest absolute Gasteiger partial charge is 0.319 e. The highest BCUT2D eigenvalue weighted by Gasteiger charge is 2.36. The van der Waals surface area contributed by atoms with E-state index in [2.05, 4.69) is 0 Å². The number of hydrogen-bond donors (Lipinski definition) is 0. The lowest BCUT2D eigenvalue weighted by Crippen LogP contribution is -2.37. The van der Waals surface area contributed by atoms with E-state index in [0.717, 1.165) is 5.56 Å². The number of thioether (sulfide) groups is 1. The normalized spacial score (nSPS) is 22.0. The molecule has 0 aromatic heterocycles. The number of benzene rings is 1. The van der Waals surface area contributed by atoms with Gasteiger partial charge in [-0.15, -0.1) is 11.8 Å². The highest BCUT2D eigenvalue weighted by molar-refractivity contribution is 8.01. The summed E-state index contributed by atoms with van der Waals surface area (Å²) in [5.41, 5.74) is 1.08. The van der Waals surface area contributed by atoms with Gasteiger partial charge in [-0.05, 0) is 12.5 Å². The Morgan fingerprint density at radius 1 is 1.33 bits per heavy atom. The van der Waals surface area contributed by atoms with Crippen LogP contribution < -0.4 is 0 Å². The zero-order valence-electron chi connectivity index (χ0n) is 12.1. The molecule has 1 aromatic carbocycles. The van der Waals surface area contributed by atoms with E-state index >= 15 is 0 Å². The lowest BCUT2D eigenvalue weighted by Gasteiger charge is -2.28. The first kappa shape index (κ1) is 16.0. The highest BCUT2D eigenvalue weighted by Crippen LogP contribution is 2.30. The Bertz CT molecular complexity index is 474. The fraction of sp³-hybridized carbons (Fsp3) is 0.500. The van der Waals surface area contributed by atoms with Gasteiger partial charge in [0.2, 0.25) is 0 Å². The third-order valence-electron chi connectivity index (χ3n) is 3.30. The molecule has 1 aliphatic rings. The molecule has 0 amide bonds. The Morgan fingerprint density at radius 3 is 2.81 bits per heavy atom. The number of esters is 1. The van der Waals surface area contributed by atoms with Gasteiger partial charge >= 0.3 is 5.97 Å². The van der Waals surface area contributed by atoms with Crippen molar-refractivity contribution < 1.29 is 19.1 Å². The number of Topliss-reactive ketones (excluding diaryl/α,β-unsaturated/α-hetero) is 1. The molecule has 1 aliphatic heterocycles. The summed E-state index contributed by atoms with van der Waals surface area (Å²) in [5.74, 6) is 0.231. The molecular weight excluding hydrogens is 288 g/mol. The van der Waals surface area contributed by atoms with Gasteiger partial charge in [-0.2, -0.15) is 0 Å². The molecule has 0 bridgehead atoms. The Labute approximate surface area is 129 Å². The number of ketones is 1. The van der Waals surface area contributed by atoms with Gasteiger partial charge in [-0.3, -0.25) is 9.59 Å². The van der Waals surface area contributed by atoms with Crippen LogP contribution in [0.4, 0.5) is 0 Å². The molecule has 2 atom stereocenters. The minimum absolute atomic E-state index is 0.0981. The summed E-state index contributed by atoms with van der Waals surface area (Å²) in [4.78, 5) is 23.5. The topological polar surface area (TPSA) is 52.6 Å². The molecule has 1 saturated heterocycles. The Kier molecular flexibility index (Phi) is 6.26. The standard InChI is InChI=1S/C16H20O4S/c1-2-20-16(18)15-13(8-14(17)11-21-15)10-19-9-12-6-4-3-5-7-12/h3-7,13,15H,2,8-11H2,1H3/t13-,15+/m0/s1. The van der Waals surface area contributed by atoms with Crippen LogP contribution in [-0.4, -0.2) is 36.0 Å². The minimum Gasteiger partial charge on any atom is -0.465 e. The van der Waals surface area contributed by atoms with Gasteiger partial charge in [0.15, 0.2) is 0 Å².